The van der Waals surface area contributed by atoms with Crippen LogP contribution in [0.5, 0.6) is 17.2 Å². The van der Waals surface area contributed by atoms with Crippen LogP contribution < -0.4 is 14.2 Å². The summed E-state index contributed by atoms with van der Waals surface area (Å²) in [6.45, 7) is 0. The van der Waals surface area contributed by atoms with Crippen LogP contribution in [-0.4, -0.2) is 31.7 Å². The molecule has 0 spiro atoms. The highest BCUT2D eigenvalue weighted by Crippen LogP contribution is 2.46. The average molecular weight is 323 g/mol. The summed E-state index contributed by atoms with van der Waals surface area (Å²) in [5.74, 6) is 1.90. The highest BCUT2D eigenvalue weighted by Gasteiger charge is 2.34. The summed E-state index contributed by atoms with van der Waals surface area (Å²) < 4.78 is 18.1. The summed E-state index contributed by atoms with van der Waals surface area (Å²) in [6, 6.07) is 9.40. The first-order chi connectivity index (χ1) is 11.6. The molecule has 0 saturated carbocycles. The van der Waals surface area contributed by atoms with E-state index in [2.05, 4.69) is 0 Å². The monoisotopic (exact) mass is 323 g/mol. The van der Waals surface area contributed by atoms with Gasteiger partial charge in [-0.25, -0.2) is 0 Å². The van der Waals surface area contributed by atoms with Crippen LogP contribution in [0, 0.1) is 0 Å². The summed E-state index contributed by atoms with van der Waals surface area (Å²) in [7, 11) is 6.74. The minimum atomic E-state index is -0.000180. The Morgan fingerprint density at radius 3 is 2.17 bits per heavy atom. The van der Waals surface area contributed by atoms with Crippen LogP contribution in [0.15, 0.2) is 30.3 Å². The molecule has 0 bridgehead atoms. The number of nitrogens with zero attached hydrogens (tertiary/aromatic N) is 1. The van der Waals surface area contributed by atoms with E-state index >= 15 is 0 Å². The Morgan fingerprint density at radius 1 is 0.875 bits per heavy atom. The predicted molar refractivity (Wildman–Crippen MR) is 91.4 cm³/mol. The van der Waals surface area contributed by atoms with Gasteiger partial charge in [0.25, 0.3) is 0 Å². The molecule has 1 aromatic heterocycles. The lowest BCUT2D eigenvalue weighted by molar-refractivity contribution is 0.104. The van der Waals surface area contributed by atoms with Crippen molar-refractivity contribution in [3.63, 3.8) is 0 Å². The average Bonchev–Trinajstić information content (AvgIpc) is 3.07. The number of methoxy groups -OCH3 is 3. The normalized spacial score (nSPS) is 12.2. The zero-order chi connectivity index (χ0) is 17.0. The van der Waals surface area contributed by atoms with Gasteiger partial charge in [0.05, 0.1) is 32.6 Å². The van der Waals surface area contributed by atoms with Gasteiger partial charge in [0.15, 0.2) is 17.3 Å². The first-order valence-electron chi connectivity index (χ1n) is 7.58. The van der Waals surface area contributed by atoms with Crippen molar-refractivity contribution >= 4 is 16.7 Å². The fraction of sp³-hybridized carbons (Fsp3) is 0.211. The quantitative estimate of drug-likeness (QED) is 0.580. The van der Waals surface area contributed by atoms with E-state index in [0.717, 1.165) is 27.9 Å². The molecule has 0 aliphatic heterocycles. The van der Waals surface area contributed by atoms with Gasteiger partial charge < -0.3 is 18.8 Å². The molecular formula is C19H17NO4. The second-order valence-corrected chi connectivity index (χ2v) is 5.75. The Hall–Kier alpha value is -2.95. The van der Waals surface area contributed by atoms with Crippen molar-refractivity contribution in [2.75, 3.05) is 21.3 Å². The van der Waals surface area contributed by atoms with Crippen molar-refractivity contribution in [2.24, 2.45) is 7.05 Å². The Morgan fingerprint density at radius 2 is 1.54 bits per heavy atom. The van der Waals surface area contributed by atoms with E-state index in [4.69, 9.17) is 14.2 Å². The third kappa shape index (κ3) is 1.72. The number of ether oxygens (including phenoxy) is 3. The highest BCUT2D eigenvalue weighted by molar-refractivity contribution is 6.28. The van der Waals surface area contributed by atoms with E-state index in [1.807, 2.05) is 35.9 Å². The van der Waals surface area contributed by atoms with E-state index in [-0.39, 0.29) is 5.78 Å². The number of rotatable bonds is 3. The minimum absolute atomic E-state index is 0.000180. The van der Waals surface area contributed by atoms with E-state index in [1.165, 1.54) is 0 Å². The first-order valence-corrected chi connectivity index (χ1v) is 7.58. The molecule has 2 aromatic carbocycles. The summed E-state index contributed by atoms with van der Waals surface area (Å²) >= 11 is 0. The fourth-order valence-electron chi connectivity index (χ4n) is 3.49. The Bertz CT molecular complexity index is 1000. The Kier molecular flexibility index (Phi) is 3.06. The summed E-state index contributed by atoms with van der Waals surface area (Å²) in [5.41, 5.74) is 4.11. The van der Waals surface area contributed by atoms with Gasteiger partial charge in [-0.15, -0.1) is 0 Å². The number of benzene rings is 2. The summed E-state index contributed by atoms with van der Waals surface area (Å²) in [4.78, 5) is 13.0. The van der Waals surface area contributed by atoms with Gasteiger partial charge in [-0.2, -0.15) is 0 Å². The Balaban J connectivity index is 2.07. The third-order valence-corrected chi connectivity index (χ3v) is 4.66. The van der Waals surface area contributed by atoms with E-state index < -0.39 is 0 Å². The number of hydrogen-bond donors (Lipinski definition) is 0. The van der Waals surface area contributed by atoms with Crippen molar-refractivity contribution in [3.05, 3.63) is 41.5 Å². The number of aromatic nitrogens is 1. The van der Waals surface area contributed by atoms with Crippen molar-refractivity contribution in [1.82, 2.24) is 4.57 Å². The van der Waals surface area contributed by atoms with Gasteiger partial charge in [0.1, 0.15) is 5.75 Å². The number of aryl methyl sites for hydroxylation is 1. The maximum atomic E-state index is 13.0. The largest absolute Gasteiger partial charge is 0.497 e. The Labute approximate surface area is 139 Å². The SMILES string of the molecule is COc1ccc2c(c1)c1c(n2C)-c2cc(OC)c(OC)cc2C1=O. The van der Waals surface area contributed by atoms with Crippen molar-refractivity contribution in [1.29, 1.82) is 0 Å². The maximum Gasteiger partial charge on any atom is 0.196 e. The predicted octanol–water partition coefficient (Wildman–Crippen LogP) is 3.42. The lowest BCUT2D eigenvalue weighted by Gasteiger charge is -2.11. The van der Waals surface area contributed by atoms with Gasteiger partial charge in [0.2, 0.25) is 0 Å². The summed E-state index contributed by atoms with van der Waals surface area (Å²) in [5, 5.41) is 0.894. The van der Waals surface area contributed by atoms with Gasteiger partial charge in [0, 0.05) is 29.1 Å². The van der Waals surface area contributed by atoms with Crippen LogP contribution in [-0.2, 0) is 7.05 Å². The summed E-state index contributed by atoms with van der Waals surface area (Å²) in [6.07, 6.45) is 0. The molecule has 0 radical (unpaired) electrons. The van der Waals surface area contributed by atoms with E-state index in [0.29, 0.717) is 22.6 Å². The number of carbonyl (C=O) groups excluding carboxylic acids is 1. The first kappa shape index (κ1) is 14.6. The number of ketones is 1. The second kappa shape index (κ2) is 5.03. The standard InChI is InChI=1S/C19H17NO4/c1-20-14-6-5-10(22-2)7-13(14)17-18(20)11-8-15(23-3)16(24-4)9-12(11)19(17)21/h5-9H,1-4H3. The number of carbonyl (C=O) groups is 1. The molecule has 1 aliphatic rings. The van der Waals surface area contributed by atoms with Crippen LogP contribution in [0.4, 0.5) is 0 Å². The molecule has 5 nitrogen and oxygen atoms in total. The molecule has 0 N–H and O–H groups in total. The second-order valence-electron chi connectivity index (χ2n) is 5.75. The van der Waals surface area contributed by atoms with Crippen LogP contribution >= 0.6 is 0 Å². The fourth-order valence-corrected chi connectivity index (χ4v) is 3.49. The molecule has 0 fully saturated rings. The van der Waals surface area contributed by atoms with E-state index in [9.17, 15) is 4.79 Å². The molecule has 122 valence electrons. The van der Waals surface area contributed by atoms with Crippen LogP contribution in [0.3, 0.4) is 0 Å². The molecular weight excluding hydrogens is 306 g/mol. The zero-order valence-corrected chi connectivity index (χ0v) is 14.0. The van der Waals surface area contributed by atoms with Crippen molar-refractivity contribution < 1.29 is 19.0 Å². The van der Waals surface area contributed by atoms with Gasteiger partial charge >= 0.3 is 0 Å². The van der Waals surface area contributed by atoms with Crippen molar-refractivity contribution in [3.8, 4) is 28.5 Å². The zero-order valence-electron chi connectivity index (χ0n) is 14.0. The van der Waals surface area contributed by atoms with Crippen LogP contribution in [0.1, 0.15) is 15.9 Å². The van der Waals surface area contributed by atoms with Gasteiger partial charge in [-0.05, 0) is 30.3 Å². The topological polar surface area (TPSA) is 49.7 Å². The molecule has 0 unspecified atom stereocenters. The van der Waals surface area contributed by atoms with Crippen LogP contribution in [0.25, 0.3) is 22.2 Å². The highest BCUT2D eigenvalue weighted by atomic mass is 16.5. The lowest BCUT2D eigenvalue weighted by Crippen LogP contribution is -1.98. The van der Waals surface area contributed by atoms with Crippen LogP contribution in [0.2, 0.25) is 0 Å². The van der Waals surface area contributed by atoms with E-state index in [1.54, 1.807) is 27.4 Å². The molecule has 0 amide bonds. The molecule has 4 rings (SSSR count). The third-order valence-electron chi connectivity index (χ3n) is 4.66. The smallest absolute Gasteiger partial charge is 0.196 e. The molecule has 1 heterocycles. The van der Waals surface area contributed by atoms with Crippen molar-refractivity contribution in [2.45, 2.75) is 0 Å². The van der Waals surface area contributed by atoms with Gasteiger partial charge in [-0.1, -0.05) is 0 Å². The number of fused-ring (bicyclic) bond motifs is 5. The molecule has 0 saturated heterocycles. The molecule has 1 aliphatic carbocycles. The molecule has 5 heteroatoms. The molecule has 3 aromatic rings. The van der Waals surface area contributed by atoms with Gasteiger partial charge in [-0.3, -0.25) is 4.79 Å². The molecule has 24 heavy (non-hydrogen) atoms. The maximum absolute atomic E-state index is 13.0. The minimum Gasteiger partial charge on any atom is -0.497 e. The molecule has 0 atom stereocenters. The number of hydrogen-bond acceptors (Lipinski definition) is 4. The lowest BCUT2D eigenvalue weighted by atomic mass is 10.1.